The Morgan fingerprint density at radius 2 is 2.05 bits per heavy atom. The van der Waals surface area contributed by atoms with Crippen LogP contribution in [0.25, 0.3) is 0 Å². The van der Waals surface area contributed by atoms with Gasteiger partial charge in [0, 0.05) is 6.54 Å². The maximum atomic E-state index is 11.7. The van der Waals surface area contributed by atoms with Crippen LogP contribution in [0, 0.1) is 11.8 Å². The van der Waals surface area contributed by atoms with Gasteiger partial charge >= 0.3 is 0 Å². The summed E-state index contributed by atoms with van der Waals surface area (Å²) in [6.07, 6.45) is 6.10. The molecular formula is C15H30N2O2. The molecule has 1 amide bonds. The first-order chi connectivity index (χ1) is 9.00. The van der Waals surface area contributed by atoms with Crippen molar-refractivity contribution in [2.75, 3.05) is 13.2 Å². The Labute approximate surface area is 117 Å². The number of carbonyl (C=O) groups is 1. The molecule has 3 N–H and O–H groups in total. The molecule has 0 aromatic heterocycles. The van der Waals surface area contributed by atoms with E-state index in [-0.39, 0.29) is 5.91 Å². The number of ether oxygens (including phenoxy) is 1. The van der Waals surface area contributed by atoms with E-state index in [2.05, 4.69) is 26.1 Å². The molecule has 2 unspecified atom stereocenters. The lowest BCUT2D eigenvalue weighted by Crippen LogP contribution is -2.43. The SMILES string of the molecule is CC(C)C[C@H](N)C(=O)NCCOC1CCCCC1C. The highest BCUT2D eigenvalue weighted by molar-refractivity contribution is 5.81. The largest absolute Gasteiger partial charge is 0.376 e. The average molecular weight is 270 g/mol. The van der Waals surface area contributed by atoms with E-state index in [1.54, 1.807) is 0 Å². The van der Waals surface area contributed by atoms with Crippen LogP contribution >= 0.6 is 0 Å². The fourth-order valence-electron chi connectivity index (χ4n) is 2.66. The van der Waals surface area contributed by atoms with Crippen LogP contribution in [-0.2, 0) is 9.53 Å². The number of nitrogens with two attached hydrogens (primary N) is 1. The zero-order valence-corrected chi connectivity index (χ0v) is 12.7. The van der Waals surface area contributed by atoms with Crippen molar-refractivity contribution in [3.05, 3.63) is 0 Å². The molecule has 19 heavy (non-hydrogen) atoms. The maximum Gasteiger partial charge on any atom is 0.237 e. The molecule has 1 rings (SSSR count). The minimum Gasteiger partial charge on any atom is -0.376 e. The number of carbonyl (C=O) groups excluding carboxylic acids is 1. The van der Waals surface area contributed by atoms with Crippen LogP contribution in [0.4, 0.5) is 0 Å². The molecule has 0 bridgehead atoms. The maximum absolute atomic E-state index is 11.7. The van der Waals surface area contributed by atoms with Crippen LogP contribution in [0.15, 0.2) is 0 Å². The summed E-state index contributed by atoms with van der Waals surface area (Å²) >= 11 is 0. The standard InChI is InChI=1S/C15H30N2O2/c1-11(2)10-13(16)15(18)17-8-9-19-14-7-5-4-6-12(14)3/h11-14H,4-10,16H2,1-3H3,(H,17,18)/t12?,13-,14?/m0/s1. The Morgan fingerprint density at radius 1 is 1.37 bits per heavy atom. The number of nitrogens with one attached hydrogen (secondary N) is 1. The van der Waals surface area contributed by atoms with Crippen LogP contribution in [0.3, 0.4) is 0 Å². The number of hydrogen-bond donors (Lipinski definition) is 2. The van der Waals surface area contributed by atoms with Crippen LogP contribution in [-0.4, -0.2) is 31.2 Å². The van der Waals surface area contributed by atoms with Crippen molar-refractivity contribution < 1.29 is 9.53 Å². The molecule has 0 heterocycles. The molecule has 1 saturated carbocycles. The summed E-state index contributed by atoms with van der Waals surface area (Å²) in [6.45, 7) is 7.55. The number of amides is 1. The van der Waals surface area contributed by atoms with Gasteiger partial charge < -0.3 is 15.8 Å². The van der Waals surface area contributed by atoms with E-state index < -0.39 is 6.04 Å². The van der Waals surface area contributed by atoms with Crippen molar-refractivity contribution in [1.82, 2.24) is 5.32 Å². The van der Waals surface area contributed by atoms with Crippen molar-refractivity contribution in [2.24, 2.45) is 17.6 Å². The zero-order chi connectivity index (χ0) is 14.3. The van der Waals surface area contributed by atoms with E-state index >= 15 is 0 Å². The number of hydrogen-bond acceptors (Lipinski definition) is 3. The van der Waals surface area contributed by atoms with Crippen LogP contribution in [0.5, 0.6) is 0 Å². The molecule has 0 aromatic carbocycles. The predicted octanol–water partition coefficient (Wildman–Crippen LogP) is 2.07. The number of rotatable bonds is 7. The van der Waals surface area contributed by atoms with E-state index in [0.717, 1.165) is 12.8 Å². The van der Waals surface area contributed by atoms with Crippen molar-refractivity contribution in [1.29, 1.82) is 0 Å². The lowest BCUT2D eigenvalue weighted by Gasteiger charge is -2.28. The van der Waals surface area contributed by atoms with E-state index in [4.69, 9.17) is 10.5 Å². The first-order valence-electron chi connectivity index (χ1n) is 7.65. The molecular weight excluding hydrogens is 240 g/mol. The van der Waals surface area contributed by atoms with Gasteiger partial charge in [0.05, 0.1) is 18.8 Å². The molecule has 4 heteroatoms. The molecule has 1 fully saturated rings. The van der Waals surface area contributed by atoms with Gasteiger partial charge in [0.1, 0.15) is 0 Å². The molecule has 112 valence electrons. The van der Waals surface area contributed by atoms with E-state index in [0.29, 0.717) is 31.1 Å². The van der Waals surface area contributed by atoms with Gasteiger partial charge in [0.25, 0.3) is 0 Å². The van der Waals surface area contributed by atoms with E-state index in [1.165, 1.54) is 19.3 Å². The van der Waals surface area contributed by atoms with E-state index in [1.807, 2.05) is 0 Å². The Hall–Kier alpha value is -0.610. The monoisotopic (exact) mass is 270 g/mol. The summed E-state index contributed by atoms with van der Waals surface area (Å²) in [4.78, 5) is 11.7. The van der Waals surface area contributed by atoms with Gasteiger partial charge in [-0.15, -0.1) is 0 Å². The molecule has 0 spiro atoms. The first-order valence-corrected chi connectivity index (χ1v) is 7.65. The smallest absolute Gasteiger partial charge is 0.237 e. The van der Waals surface area contributed by atoms with Crippen LogP contribution in [0.1, 0.15) is 52.9 Å². The Kier molecular flexibility index (Phi) is 7.39. The van der Waals surface area contributed by atoms with Crippen LogP contribution in [0.2, 0.25) is 0 Å². The topological polar surface area (TPSA) is 64.4 Å². The van der Waals surface area contributed by atoms with Gasteiger partial charge in [0.2, 0.25) is 5.91 Å². The minimum absolute atomic E-state index is 0.0611. The van der Waals surface area contributed by atoms with Crippen molar-refractivity contribution in [3.8, 4) is 0 Å². The lowest BCUT2D eigenvalue weighted by molar-refractivity contribution is -0.123. The molecule has 0 radical (unpaired) electrons. The summed E-state index contributed by atoms with van der Waals surface area (Å²) in [7, 11) is 0. The van der Waals surface area contributed by atoms with Crippen LogP contribution < -0.4 is 11.1 Å². The van der Waals surface area contributed by atoms with Crippen molar-refractivity contribution >= 4 is 5.91 Å². The second kappa shape index (κ2) is 8.54. The highest BCUT2D eigenvalue weighted by Gasteiger charge is 2.21. The van der Waals surface area contributed by atoms with Gasteiger partial charge in [-0.3, -0.25) is 4.79 Å². The molecule has 4 nitrogen and oxygen atoms in total. The summed E-state index contributed by atoms with van der Waals surface area (Å²) in [5.41, 5.74) is 5.81. The summed E-state index contributed by atoms with van der Waals surface area (Å²) in [5.74, 6) is 1.03. The quantitative estimate of drug-likeness (QED) is 0.696. The Balaban J connectivity index is 2.11. The Bertz CT molecular complexity index is 269. The fourth-order valence-corrected chi connectivity index (χ4v) is 2.66. The third kappa shape index (κ3) is 6.39. The van der Waals surface area contributed by atoms with Gasteiger partial charge in [-0.25, -0.2) is 0 Å². The Morgan fingerprint density at radius 3 is 2.68 bits per heavy atom. The molecule has 1 aliphatic carbocycles. The predicted molar refractivity (Wildman–Crippen MR) is 77.8 cm³/mol. The highest BCUT2D eigenvalue weighted by atomic mass is 16.5. The summed E-state index contributed by atoms with van der Waals surface area (Å²) in [6, 6.07) is -0.395. The normalized spacial score (nSPS) is 25.3. The molecule has 0 aliphatic heterocycles. The second-order valence-electron chi connectivity index (χ2n) is 6.20. The molecule has 0 saturated heterocycles. The van der Waals surface area contributed by atoms with Gasteiger partial charge in [-0.05, 0) is 31.1 Å². The van der Waals surface area contributed by atoms with Crippen molar-refractivity contribution in [2.45, 2.75) is 65.0 Å². The first kappa shape index (κ1) is 16.4. The second-order valence-corrected chi connectivity index (χ2v) is 6.20. The lowest BCUT2D eigenvalue weighted by atomic mass is 9.88. The molecule has 1 aliphatic rings. The third-order valence-electron chi connectivity index (χ3n) is 3.83. The van der Waals surface area contributed by atoms with Gasteiger partial charge in [-0.2, -0.15) is 0 Å². The van der Waals surface area contributed by atoms with Gasteiger partial charge in [-0.1, -0.05) is 33.6 Å². The average Bonchev–Trinajstić information content (AvgIpc) is 2.35. The summed E-state index contributed by atoms with van der Waals surface area (Å²) in [5, 5.41) is 2.85. The minimum atomic E-state index is -0.395. The summed E-state index contributed by atoms with van der Waals surface area (Å²) < 4.78 is 5.85. The van der Waals surface area contributed by atoms with E-state index in [9.17, 15) is 4.79 Å². The highest BCUT2D eigenvalue weighted by Crippen LogP contribution is 2.25. The zero-order valence-electron chi connectivity index (χ0n) is 12.7. The van der Waals surface area contributed by atoms with Gasteiger partial charge in [0.15, 0.2) is 0 Å². The van der Waals surface area contributed by atoms with Crippen molar-refractivity contribution in [3.63, 3.8) is 0 Å². The molecule has 0 aromatic rings. The third-order valence-corrected chi connectivity index (χ3v) is 3.83. The molecule has 3 atom stereocenters. The fraction of sp³-hybridized carbons (Fsp3) is 0.933.